The van der Waals surface area contributed by atoms with Gasteiger partial charge in [-0.3, -0.25) is 4.79 Å². The monoisotopic (exact) mass is 358 g/mol. The van der Waals surface area contributed by atoms with E-state index in [1.807, 2.05) is 0 Å². The minimum absolute atomic E-state index is 0.0432. The van der Waals surface area contributed by atoms with Gasteiger partial charge in [0.1, 0.15) is 0 Å². The standard InChI is InChI=1S/C16H23ClN2O3S/c1-11(2)19-23(21,22)13-7-8-15(17)14(9-13)16(20)18-10-12-5-3-4-6-12/h7-9,11-12,19H,3-6,10H2,1-2H3,(H,18,20). The van der Waals surface area contributed by atoms with Crippen molar-refractivity contribution in [2.24, 2.45) is 5.92 Å². The van der Waals surface area contributed by atoms with Gasteiger partial charge in [-0.1, -0.05) is 24.4 Å². The highest BCUT2D eigenvalue weighted by Crippen LogP contribution is 2.24. The van der Waals surface area contributed by atoms with Crippen molar-refractivity contribution in [2.75, 3.05) is 6.54 Å². The Morgan fingerprint density at radius 3 is 2.57 bits per heavy atom. The molecule has 1 aliphatic carbocycles. The SMILES string of the molecule is CC(C)NS(=O)(=O)c1ccc(Cl)c(C(=O)NCC2CCCC2)c1. The van der Waals surface area contributed by atoms with Crippen molar-refractivity contribution in [3.63, 3.8) is 0 Å². The lowest BCUT2D eigenvalue weighted by Crippen LogP contribution is -2.31. The van der Waals surface area contributed by atoms with Gasteiger partial charge in [0.05, 0.1) is 15.5 Å². The van der Waals surface area contributed by atoms with Crippen LogP contribution in [-0.2, 0) is 10.0 Å². The molecule has 128 valence electrons. The fourth-order valence-corrected chi connectivity index (χ4v) is 4.25. The summed E-state index contributed by atoms with van der Waals surface area (Å²) < 4.78 is 26.9. The van der Waals surface area contributed by atoms with Gasteiger partial charge >= 0.3 is 0 Å². The molecule has 1 aromatic carbocycles. The highest BCUT2D eigenvalue weighted by molar-refractivity contribution is 7.89. The molecule has 0 aliphatic heterocycles. The Morgan fingerprint density at radius 2 is 1.96 bits per heavy atom. The van der Waals surface area contributed by atoms with Crippen LogP contribution in [0.5, 0.6) is 0 Å². The average Bonchev–Trinajstić information content (AvgIpc) is 2.97. The van der Waals surface area contributed by atoms with Crippen LogP contribution in [0.4, 0.5) is 0 Å². The number of hydrogen-bond acceptors (Lipinski definition) is 3. The predicted molar refractivity (Wildman–Crippen MR) is 91.2 cm³/mol. The Bertz CT molecular complexity index is 668. The molecular weight excluding hydrogens is 336 g/mol. The summed E-state index contributed by atoms with van der Waals surface area (Å²) in [5.74, 6) is 0.177. The smallest absolute Gasteiger partial charge is 0.252 e. The van der Waals surface area contributed by atoms with Gasteiger partial charge in [0.25, 0.3) is 5.91 Å². The molecular formula is C16H23ClN2O3S. The van der Waals surface area contributed by atoms with Gasteiger partial charge in [-0.15, -0.1) is 0 Å². The fraction of sp³-hybridized carbons (Fsp3) is 0.562. The molecule has 2 rings (SSSR count). The zero-order valence-electron chi connectivity index (χ0n) is 13.4. The average molecular weight is 359 g/mol. The molecule has 0 radical (unpaired) electrons. The predicted octanol–water partition coefficient (Wildman–Crippen LogP) is 2.95. The Kier molecular flexibility index (Phi) is 6.06. The topological polar surface area (TPSA) is 75.3 Å². The summed E-state index contributed by atoms with van der Waals surface area (Å²) in [6.45, 7) is 4.09. The molecule has 1 amide bonds. The van der Waals surface area contributed by atoms with Crippen LogP contribution in [-0.4, -0.2) is 26.9 Å². The minimum atomic E-state index is -3.65. The van der Waals surface area contributed by atoms with Crippen molar-refractivity contribution in [3.8, 4) is 0 Å². The van der Waals surface area contributed by atoms with Crippen LogP contribution in [0.2, 0.25) is 5.02 Å². The number of carbonyl (C=O) groups excluding carboxylic acids is 1. The molecule has 2 N–H and O–H groups in total. The maximum Gasteiger partial charge on any atom is 0.252 e. The van der Waals surface area contributed by atoms with Gasteiger partial charge in [-0.25, -0.2) is 13.1 Å². The van der Waals surface area contributed by atoms with Gasteiger partial charge in [0.2, 0.25) is 10.0 Å². The Hall–Kier alpha value is -1.11. The maximum absolute atomic E-state index is 12.3. The quantitative estimate of drug-likeness (QED) is 0.820. The molecule has 0 saturated heterocycles. The zero-order valence-corrected chi connectivity index (χ0v) is 15.0. The fourth-order valence-electron chi connectivity index (χ4n) is 2.77. The van der Waals surface area contributed by atoms with Gasteiger partial charge in [0, 0.05) is 12.6 Å². The summed E-state index contributed by atoms with van der Waals surface area (Å²) in [6, 6.07) is 3.95. The summed E-state index contributed by atoms with van der Waals surface area (Å²) in [5.41, 5.74) is 0.191. The highest BCUT2D eigenvalue weighted by atomic mass is 35.5. The number of nitrogens with one attached hydrogen (secondary N) is 2. The van der Waals surface area contributed by atoms with Gasteiger partial charge < -0.3 is 5.32 Å². The number of benzene rings is 1. The summed E-state index contributed by atoms with van der Waals surface area (Å²) >= 11 is 6.07. The number of carbonyl (C=O) groups is 1. The molecule has 0 spiro atoms. The third-order valence-corrected chi connectivity index (χ3v) is 5.90. The number of amides is 1. The van der Waals surface area contributed by atoms with Crippen LogP contribution in [0.15, 0.2) is 23.1 Å². The third kappa shape index (κ3) is 4.93. The van der Waals surface area contributed by atoms with E-state index >= 15 is 0 Å². The van der Waals surface area contributed by atoms with Crippen LogP contribution < -0.4 is 10.0 Å². The normalized spacial score (nSPS) is 16.0. The van der Waals surface area contributed by atoms with E-state index < -0.39 is 10.0 Å². The molecule has 1 aromatic rings. The Morgan fingerprint density at radius 1 is 1.30 bits per heavy atom. The summed E-state index contributed by atoms with van der Waals surface area (Å²) in [6.07, 6.45) is 4.66. The molecule has 0 heterocycles. The van der Waals surface area contributed by atoms with Crippen molar-refractivity contribution < 1.29 is 13.2 Å². The maximum atomic E-state index is 12.3. The van der Waals surface area contributed by atoms with Crippen LogP contribution in [0, 0.1) is 5.92 Å². The summed E-state index contributed by atoms with van der Waals surface area (Å²) in [7, 11) is -3.65. The van der Waals surface area contributed by atoms with E-state index in [1.54, 1.807) is 13.8 Å². The van der Waals surface area contributed by atoms with Crippen molar-refractivity contribution in [2.45, 2.75) is 50.5 Å². The lowest BCUT2D eigenvalue weighted by Gasteiger charge is -2.13. The van der Waals surface area contributed by atoms with Gasteiger partial charge in [-0.2, -0.15) is 0 Å². The first kappa shape index (κ1) is 18.2. The van der Waals surface area contributed by atoms with Gasteiger partial charge in [-0.05, 0) is 50.8 Å². The first-order chi connectivity index (χ1) is 10.8. The molecule has 23 heavy (non-hydrogen) atoms. The minimum Gasteiger partial charge on any atom is -0.352 e. The van der Waals surface area contributed by atoms with E-state index in [0.29, 0.717) is 12.5 Å². The molecule has 0 bridgehead atoms. The van der Waals surface area contributed by atoms with Crippen LogP contribution in [0.1, 0.15) is 49.9 Å². The molecule has 1 saturated carbocycles. The third-order valence-electron chi connectivity index (χ3n) is 3.91. The van der Waals surface area contributed by atoms with E-state index in [4.69, 9.17) is 11.6 Å². The second-order valence-electron chi connectivity index (χ2n) is 6.28. The molecule has 1 aliphatic rings. The van der Waals surface area contributed by atoms with Crippen molar-refractivity contribution in [1.82, 2.24) is 10.0 Å². The lowest BCUT2D eigenvalue weighted by atomic mass is 10.1. The molecule has 1 fully saturated rings. The summed E-state index contributed by atoms with van der Waals surface area (Å²) in [5, 5.41) is 3.11. The van der Waals surface area contributed by atoms with Crippen LogP contribution in [0.3, 0.4) is 0 Å². The number of rotatable bonds is 6. The second-order valence-corrected chi connectivity index (χ2v) is 8.40. The van der Waals surface area contributed by atoms with Gasteiger partial charge in [0.15, 0.2) is 0 Å². The van der Waals surface area contributed by atoms with Crippen molar-refractivity contribution >= 4 is 27.5 Å². The number of sulfonamides is 1. The Labute approximate surface area is 142 Å². The molecule has 0 aromatic heterocycles. The van der Waals surface area contributed by atoms with Crippen LogP contribution in [0.25, 0.3) is 0 Å². The highest BCUT2D eigenvalue weighted by Gasteiger charge is 2.21. The summed E-state index contributed by atoms with van der Waals surface area (Å²) in [4.78, 5) is 12.4. The number of hydrogen-bond donors (Lipinski definition) is 2. The first-order valence-electron chi connectivity index (χ1n) is 7.89. The van der Waals surface area contributed by atoms with Crippen molar-refractivity contribution in [3.05, 3.63) is 28.8 Å². The Balaban J connectivity index is 2.14. The van der Waals surface area contributed by atoms with E-state index in [2.05, 4.69) is 10.0 Å². The number of halogens is 1. The first-order valence-corrected chi connectivity index (χ1v) is 9.76. The lowest BCUT2D eigenvalue weighted by molar-refractivity contribution is 0.0947. The van der Waals surface area contributed by atoms with Crippen LogP contribution >= 0.6 is 11.6 Å². The molecule has 5 nitrogen and oxygen atoms in total. The molecule has 0 atom stereocenters. The van der Waals surface area contributed by atoms with E-state index in [1.165, 1.54) is 31.0 Å². The van der Waals surface area contributed by atoms with E-state index in [-0.39, 0.29) is 27.4 Å². The second kappa shape index (κ2) is 7.64. The largest absolute Gasteiger partial charge is 0.352 e. The zero-order chi connectivity index (χ0) is 17.0. The van der Waals surface area contributed by atoms with E-state index in [9.17, 15) is 13.2 Å². The van der Waals surface area contributed by atoms with E-state index in [0.717, 1.165) is 12.8 Å². The molecule has 7 heteroatoms. The molecule has 0 unspecified atom stereocenters. The van der Waals surface area contributed by atoms with Crippen molar-refractivity contribution in [1.29, 1.82) is 0 Å².